The Morgan fingerprint density at radius 3 is 2.79 bits per heavy atom. The van der Waals surface area contributed by atoms with Gasteiger partial charge in [0.1, 0.15) is 5.56 Å². The number of nitrogens with zero attached hydrogens (tertiary/aromatic N) is 1. The van der Waals surface area contributed by atoms with Gasteiger partial charge in [-0.3, -0.25) is 9.59 Å². The van der Waals surface area contributed by atoms with Crippen LogP contribution in [0.4, 0.5) is 13.2 Å². The summed E-state index contributed by atoms with van der Waals surface area (Å²) in [6.45, 7) is 1.38. The standard InChI is InChI=1S/C11H9F3N2O2S/c1-7(17)19-5-3-2-4-8-9(11(12,13)14)15-6-16-10(8)18/h6H,3,5H2,1H3,(H,15,16,18). The molecule has 102 valence electrons. The molecule has 1 heterocycles. The summed E-state index contributed by atoms with van der Waals surface area (Å²) in [5.74, 6) is 4.95. The maximum Gasteiger partial charge on any atom is 0.434 e. The number of halogens is 3. The lowest BCUT2D eigenvalue weighted by Crippen LogP contribution is -2.20. The monoisotopic (exact) mass is 290 g/mol. The normalized spacial score (nSPS) is 10.7. The molecule has 0 saturated heterocycles. The molecule has 0 aliphatic heterocycles. The lowest BCUT2D eigenvalue weighted by Gasteiger charge is -2.05. The van der Waals surface area contributed by atoms with Crippen molar-refractivity contribution in [3.8, 4) is 11.8 Å². The number of hydrogen-bond acceptors (Lipinski definition) is 4. The number of carbonyl (C=O) groups excluding carboxylic acids is 1. The van der Waals surface area contributed by atoms with Crippen LogP contribution in [0.3, 0.4) is 0 Å². The first-order chi connectivity index (χ1) is 8.82. The summed E-state index contributed by atoms with van der Waals surface area (Å²) < 4.78 is 37.7. The first-order valence-corrected chi connectivity index (χ1v) is 6.08. The van der Waals surface area contributed by atoms with Crippen LogP contribution in [0, 0.1) is 11.8 Å². The third-order valence-corrected chi connectivity index (χ3v) is 2.68. The Morgan fingerprint density at radius 1 is 1.53 bits per heavy atom. The number of alkyl halides is 3. The van der Waals surface area contributed by atoms with E-state index in [1.807, 2.05) is 4.98 Å². The summed E-state index contributed by atoms with van der Waals surface area (Å²) in [7, 11) is 0. The smallest absolute Gasteiger partial charge is 0.312 e. The molecule has 8 heteroatoms. The average molecular weight is 290 g/mol. The molecule has 4 nitrogen and oxygen atoms in total. The van der Waals surface area contributed by atoms with Gasteiger partial charge in [-0.2, -0.15) is 13.2 Å². The molecule has 1 aromatic rings. The van der Waals surface area contributed by atoms with Crippen molar-refractivity contribution in [2.45, 2.75) is 19.5 Å². The summed E-state index contributed by atoms with van der Waals surface area (Å²) in [6, 6.07) is 0. The molecule has 1 N–H and O–H groups in total. The molecule has 0 aliphatic carbocycles. The molecule has 1 rings (SSSR count). The lowest BCUT2D eigenvalue weighted by atomic mass is 10.2. The number of nitrogens with one attached hydrogen (secondary N) is 1. The second-order valence-electron chi connectivity index (χ2n) is 3.34. The van der Waals surface area contributed by atoms with E-state index in [4.69, 9.17) is 0 Å². The maximum absolute atomic E-state index is 12.6. The summed E-state index contributed by atoms with van der Waals surface area (Å²) in [5.41, 5.74) is -2.94. The van der Waals surface area contributed by atoms with Crippen molar-refractivity contribution in [1.29, 1.82) is 0 Å². The molecular formula is C11H9F3N2O2S. The minimum atomic E-state index is -4.73. The van der Waals surface area contributed by atoms with Crippen LogP contribution < -0.4 is 5.56 Å². The van der Waals surface area contributed by atoms with Gasteiger partial charge >= 0.3 is 6.18 Å². The van der Waals surface area contributed by atoms with Crippen LogP contribution in [0.2, 0.25) is 0 Å². The van der Waals surface area contributed by atoms with Crippen molar-refractivity contribution in [3.63, 3.8) is 0 Å². The lowest BCUT2D eigenvalue weighted by molar-refractivity contribution is -0.141. The van der Waals surface area contributed by atoms with Crippen LogP contribution in [0.15, 0.2) is 11.1 Å². The van der Waals surface area contributed by atoms with Crippen LogP contribution >= 0.6 is 11.8 Å². The number of aromatic amines is 1. The summed E-state index contributed by atoms with van der Waals surface area (Å²) in [5, 5.41) is -0.1000. The highest BCUT2D eigenvalue weighted by molar-refractivity contribution is 8.13. The predicted molar refractivity (Wildman–Crippen MR) is 64.5 cm³/mol. The van der Waals surface area contributed by atoms with Gasteiger partial charge in [0.15, 0.2) is 10.8 Å². The molecule has 0 fully saturated rings. The highest BCUT2D eigenvalue weighted by Crippen LogP contribution is 2.28. The molecule has 0 saturated carbocycles. The van der Waals surface area contributed by atoms with E-state index < -0.39 is 23.0 Å². The molecule has 0 bridgehead atoms. The zero-order valence-corrected chi connectivity index (χ0v) is 10.6. The molecule has 0 aliphatic rings. The van der Waals surface area contributed by atoms with Crippen molar-refractivity contribution in [1.82, 2.24) is 9.97 Å². The quantitative estimate of drug-likeness (QED) is 0.666. The largest absolute Gasteiger partial charge is 0.434 e. The van der Waals surface area contributed by atoms with Crippen LogP contribution in [-0.4, -0.2) is 20.8 Å². The van der Waals surface area contributed by atoms with Crippen molar-refractivity contribution < 1.29 is 18.0 Å². The Balaban J connectivity index is 2.92. The Morgan fingerprint density at radius 2 is 2.21 bits per heavy atom. The van der Waals surface area contributed by atoms with Gasteiger partial charge in [0.25, 0.3) is 5.56 Å². The SMILES string of the molecule is CC(=O)SCCC#Cc1c(C(F)(F)F)nc[nH]c1=O. The van der Waals surface area contributed by atoms with Crippen LogP contribution in [-0.2, 0) is 11.0 Å². The van der Waals surface area contributed by atoms with Crippen LogP contribution in [0.1, 0.15) is 24.6 Å². The van der Waals surface area contributed by atoms with Crippen molar-refractivity contribution in [3.05, 3.63) is 27.9 Å². The number of H-pyrrole nitrogens is 1. The van der Waals surface area contributed by atoms with Crippen LogP contribution in [0.5, 0.6) is 0 Å². The maximum atomic E-state index is 12.6. The van der Waals surface area contributed by atoms with Gasteiger partial charge in [-0.15, -0.1) is 0 Å². The second kappa shape index (κ2) is 6.43. The van der Waals surface area contributed by atoms with Gasteiger partial charge < -0.3 is 4.98 Å². The fourth-order valence-electron chi connectivity index (χ4n) is 1.13. The summed E-state index contributed by atoms with van der Waals surface area (Å²) >= 11 is 1.02. The van der Waals surface area contributed by atoms with Crippen molar-refractivity contribution >= 4 is 16.9 Å². The molecule has 0 atom stereocenters. The molecule has 19 heavy (non-hydrogen) atoms. The van der Waals surface area contributed by atoms with Gasteiger partial charge in [0, 0.05) is 19.1 Å². The minimum Gasteiger partial charge on any atom is -0.312 e. The Labute approximate surface area is 110 Å². The third-order valence-electron chi connectivity index (χ3n) is 1.87. The van der Waals surface area contributed by atoms with Crippen molar-refractivity contribution in [2.24, 2.45) is 0 Å². The number of aromatic nitrogens is 2. The number of thioether (sulfide) groups is 1. The second-order valence-corrected chi connectivity index (χ2v) is 4.62. The van der Waals surface area contributed by atoms with Gasteiger partial charge in [0.2, 0.25) is 0 Å². The van der Waals surface area contributed by atoms with E-state index in [0.29, 0.717) is 12.1 Å². The van der Waals surface area contributed by atoms with Gasteiger partial charge in [-0.25, -0.2) is 4.98 Å². The highest BCUT2D eigenvalue weighted by atomic mass is 32.2. The van der Waals surface area contributed by atoms with E-state index in [-0.39, 0.29) is 11.5 Å². The zero-order chi connectivity index (χ0) is 14.5. The fraction of sp³-hybridized carbons (Fsp3) is 0.364. The third kappa shape index (κ3) is 4.79. The molecule has 0 spiro atoms. The Kier molecular flexibility index (Phi) is 5.18. The van der Waals surface area contributed by atoms with E-state index >= 15 is 0 Å². The van der Waals surface area contributed by atoms with Crippen molar-refractivity contribution in [2.75, 3.05) is 5.75 Å². The minimum absolute atomic E-state index is 0.1000. The summed E-state index contributed by atoms with van der Waals surface area (Å²) in [6.07, 6.45) is -3.84. The van der Waals surface area contributed by atoms with Gasteiger partial charge in [-0.05, 0) is 0 Å². The Bertz CT molecular complexity index is 584. The molecule has 1 aromatic heterocycles. The highest BCUT2D eigenvalue weighted by Gasteiger charge is 2.36. The number of rotatable bonds is 2. The molecule has 0 amide bonds. The van der Waals surface area contributed by atoms with E-state index in [2.05, 4.69) is 16.8 Å². The van der Waals surface area contributed by atoms with E-state index in [1.165, 1.54) is 6.92 Å². The first-order valence-electron chi connectivity index (χ1n) is 5.09. The first kappa shape index (κ1) is 15.3. The number of hydrogen-bond donors (Lipinski definition) is 1. The van der Waals surface area contributed by atoms with Gasteiger partial charge in [0.05, 0.1) is 6.33 Å². The average Bonchev–Trinajstić information content (AvgIpc) is 2.28. The molecule has 0 aromatic carbocycles. The molecule has 0 unspecified atom stereocenters. The van der Waals surface area contributed by atoms with E-state index in [1.54, 1.807) is 0 Å². The fourth-order valence-corrected chi connectivity index (χ4v) is 1.62. The predicted octanol–water partition coefficient (Wildman–Crippen LogP) is 1.81. The van der Waals surface area contributed by atoms with E-state index in [0.717, 1.165) is 11.8 Å². The topological polar surface area (TPSA) is 62.8 Å². The van der Waals surface area contributed by atoms with Gasteiger partial charge in [-0.1, -0.05) is 23.6 Å². The van der Waals surface area contributed by atoms with E-state index in [9.17, 15) is 22.8 Å². The van der Waals surface area contributed by atoms with Crippen LogP contribution in [0.25, 0.3) is 0 Å². The molecule has 0 radical (unpaired) electrons. The Hall–Kier alpha value is -1.75. The summed E-state index contributed by atoms with van der Waals surface area (Å²) in [4.78, 5) is 27.1. The molecular weight excluding hydrogens is 281 g/mol. The zero-order valence-electron chi connectivity index (χ0n) is 9.80. The number of carbonyl (C=O) groups is 1.